The van der Waals surface area contributed by atoms with Gasteiger partial charge >= 0.3 is 0 Å². The highest BCUT2D eigenvalue weighted by Gasteiger charge is 2.23. The molecule has 0 spiro atoms. The minimum Gasteiger partial charge on any atom is -0.374 e. The quantitative estimate of drug-likeness (QED) is 0.419. The summed E-state index contributed by atoms with van der Waals surface area (Å²) in [6.45, 7) is 7.99. The highest BCUT2D eigenvalue weighted by atomic mass is 16.6. The van der Waals surface area contributed by atoms with Crippen LogP contribution in [0.25, 0.3) is 0 Å². The fraction of sp³-hybridized carbons (Fsp3) is 0.800. The second-order valence-corrected chi connectivity index (χ2v) is 3.69. The minimum atomic E-state index is 0.323. The fourth-order valence-corrected chi connectivity index (χ4v) is 1.04. The monoisotopic (exact) mass is 200 g/mol. The minimum absolute atomic E-state index is 0.323. The fourth-order valence-electron chi connectivity index (χ4n) is 1.04. The molecule has 2 atom stereocenters. The lowest BCUT2D eigenvalue weighted by molar-refractivity contribution is 0.103. The Labute approximate surface area is 83.8 Å². The summed E-state index contributed by atoms with van der Waals surface area (Å²) in [6, 6.07) is 0. The van der Waals surface area contributed by atoms with Gasteiger partial charge in [-0.25, -0.2) is 0 Å². The van der Waals surface area contributed by atoms with Gasteiger partial charge in [0.2, 0.25) is 0 Å². The number of hydrogen-bond donors (Lipinski definition) is 0. The summed E-state index contributed by atoms with van der Waals surface area (Å²) < 4.78 is 20.7. The van der Waals surface area contributed by atoms with Crippen molar-refractivity contribution in [3.05, 3.63) is 12.2 Å². The van der Waals surface area contributed by atoms with Gasteiger partial charge in [-0.05, 0) is 5.57 Å². The van der Waals surface area contributed by atoms with E-state index in [0.717, 1.165) is 18.8 Å². The van der Waals surface area contributed by atoms with E-state index >= 15 is 0 Å². The largest absolute Gasteiger partial charge is 0.374 e. The van der Waals surface area contributed by atoms with Gasteiger partial charge in [-0.3, -0.25) is 0 Å². The molecule has 2 rings (SSSR count). The van der Waals surface area contributed by atoms with E-state index in [1.54, 1.807) is 0 Å². The van der Waals surface area contributed by atoms with E-state index in [9.17, 15) is 0 Å². The van der Waals surface area contributed by atoms with Crippen molar-refractivity contribution in [2.75, 3.05) is 39.6 Å². The maximum Gasteiger partial charge on any atom is 0.104 e. The lowest BCUT2D eigenvalue weighted by Gasteiger charge is -2.06. The molecule has 0 aromatic carbocycles. The number of epoxide rings is 2. The molecule has 2 aliphatic heterocycles. The van der Waals surface area contributed by atoms with E-state index in [-0.39, 0.29) is 0 Å². The van der Waals surface area contributed by atoms with Crippen LogP contribution in [0.15, 0.2) is 12.2 Å². The molecule has 2 saturated heterocycles. The van der Waals surface area contributed by atoms with Crippen molar-refractivity contribution in [2.45, 2.75) is 12.2 Å². The lowest BCUT2D eigenvalue weighted by Crippen LogP contribution is -2.10. The molecule has 2 aliphatic rings. The Morgan fingerprint density at radius 2 is 1.50 bits per heavy atom. The number of hydrogen-bond acceptors (Lipinski definition) is 4. The van der Waals surface area contributed by atoms with E-state index in [1.165, 1.54) is 0 Å². The maximum absolute atomic E-state index is 5.36. The molecule has 4 nitrogen and oxygen atoms in total. The Bertz CT molecular complexity index is 176. The molecule has 2 fully saturated rings. The van der Waals surface area contributed by atoms with Crippen LogP contribution in [0.3, 0.4) is 0 Å². The van der Waals surface area contributed by atoms with E-state index in [2.05, 4.69) is 6.58 Å². The van der Waals surface area contributed by atoms with Crippen LogP contribution in [0, 0.1) is 0 Å². The van der Waals surface area contributed by atoms with Crippen molar-refractivity contribution >= 4 is 0 Å². The van der Waals surface area contributed by atoms with Crippen LogP contribution in [-0.2, 0) is 18.9 Å². The first-order chi connectivity index (χ1) is 6.84. The Morgan fingerprint density at radius 3 is 1.86 bits per heavy atom. The summed E-state index contributed by atoms with van der Waals surface area (Å²) >= 11 is 0. The molecule has 14 heavy (non-hydrogen) atoms. The van der Waals surface area contributed by atoms with Crippen LogP contribution < -0.4 is 0 Å². The topological polar surface area (TPSA) is 43.5 Å². The van der Waals surface area contributed by atoms with Gasteiger partial charge in [0.25, 0.3) is 0 Å². The zero-order chi connectivity index (χ0) is 9.80. The average molecular weight is 200 g/mol. The van der Waals surface area contributed by atoms with Crippen molar-refractivity contribution in [1.29, 1.82) is 0 Å². The third kappa shape index (κ3) is 4.19. The van der Waals surface area contributed by atoms with Crippen molar-refractivity contribution < 1.29 is 18.9 Å². The molecule has 0 aromatic heterocycles. The summed E-state index contributed by atoms with van der Waals surface area (Å²) in [4.78, 5) is 0. The summed E-state index contributed by atoms with van der Waals surface area (Å²) in [7, 11) is 0. The lowest BCUT2D eigenvalue weighted by atomic mass is 10.3. The highest BCUT2D eigenvalue weighted by molar-refractivity contribution is 4.94. The van der Waals surface area contributed by atoms with Gasteiger partial charge < -0.3 is 18.9 Å². The molecule has 0 bridgehead atoms. The highest BCUT2D eigenvalue weighted by Crippen LogP contribution is 2.10. The maximum atomic E-state index is 5.36. The summed E-state index contributed by atoms with van der Waals surface area (Å²) in [6.07, 6.45) is 0.646. The Morgan fingerprint density at radius 1 is 1.07 bits per heavy atom. The van der Waals surface area contributed by atoms with Gasteiger partial charge in [-0.2, -0.15) is 0 Å². The van der Waals surface area contributed by atoms with Crippen LogP contribution in [0.1, 0.15) is 0 Å². The van der Waals surface area contributed by atoms with Crippen molar-refractivity contribution in [3.8, 4) is 0 Å². The van der Waals surface area contributed by atoms with Gasteiger partial charge in [-0.1, -0.05) is 6.58 Å². The van der Waals surface area contributed by atoms with Gasteiger partial charge in [-0.15, -0.1) is 0 Å². The molecule has 0 N–H and O–H groups in total. The molecule has 2 heterocycles. The predicted molar refractivity (Wildman–Crippen MR) is 50.3 cm³/mol. The van der Waals surface area contributed by atoms with E-state index in [1.807, 2.05) is 0 Å². The number of ether oxygens (including phenoxy) is 4. The summed E-state index contributed by atoms with van der Waals surface area (Å²) in [5.74, 6) is 0. The molecule has 80 valence electrons. The number of rotatable bonds is 8. The Balaban J connectivity index is 1.40. The molecule has 0 aliphatic carbocycles. The Kier molecular flexibility index (Phi) is 3.53. The first kappa shape index (κ1) is 10.1. The van der Waals surface area contributed by atoms with Crippen LogP contribution in [0.4, 0.5) is 0 Å². The molecule has 0 amide bonds. The van der Waals surface area contributed by atoms with Gasteiger partial charge in [0.1, 0.15) is 12.2 Å². The van der Waals surface area contributed by atoms with Gasteiger partial charge in [0, 0.05) is 0 Å². The molecule has 2 unspecified atom stereocenters. The molecule has 0 radical (unpaired) electrons. The molecule has 0 saturated carbocycles. The van der Waals surface area contributed by atoms with E-state index < -0.39 is 0 Å². The van der Waals surface area contributed by atoms with Crippen molar-refractivity contribution in [2.24, 2.45) is 0 Å². The van der Waals surface area contributed by atoms with Gasteiger partial charge in [0.15, 0.2) is 0 Å². The smallest absolute Gasteiger partial charge is 0.104 e. The summed E-state index contributed by atoms with van der Waals surface area (Å²) in [5, 5.41) is 0. The van der Waals surface area contributed by atoms with E-state index in [0.29, 0.717) is 38.6 Å². The third-order valence-electron chi connectivity index (χ3n) is 2.02. The molecule has 0 aromatic rings. The molecule has 4 heteroatoms. The average Bonchev–Trinajstić information content (AvgIpc) is 2.99. The zero-order valence-electron chi connectivity index (χ0n) is 8.24. The normalized spacial score (nSPS) is 28.9. The summed E-state index contributed by atoms with van der Waals surface area (Å²) in [5.41, 5.74) is 0.964. The third-order valence-corrected chi connectivity index (χ3v) is 2.02. The Hall–Kier alpha value is -0.420. The zero-order valence-corrected chi connectivity index (χ0v) is 8.24. The molecular formula is C10H16O4. The van der Waals surface area contributed by atoms with Crippen molar-refractivity contribution in [3.63, 3.8) is 0 Å². The second kappa shape index (κ2) is 4.89. The first-order valence-electron chi connectivity index (χ1n) is 4.90. The SMILES string of the molecule is C=C(COCC1CO1)COCC1CO1. The van der Waals surface area contributed by atoms with Crippen LogP contribution in [0.5, 0.6) is 0 Å². The van der Waals surface area contributed by atoms with Crippen molar-refractivity contribution in [1.82, 2.24) is 0 Å². The van der Waals surface area contributed by atoms with Crippen LogP contribution in [-0.4, -0.2) is 51.8 Å². The van der Waals surface area contributed by atoms with Crippen LogP contribution in [0.2, 0.25) is 0 Å². The second-order valence-electron chi connectivity index (χ2n) is 3.69. The molecular weight excluding hydrogens is 184 g/mol. The van der Waals surface area contributed by atoms with Crippen LogP contribution >= 0.6 is 0 Å². The predicted octanol–water partition coefficient (Wildman–Crippen LogP) is 0.373. The standard InChI is InChI=1S/C10H16O4/c1-8(2-11-4-9-6-13-9)3-12-5-10-7-14-10/h9-10H,1-7H2. The van der Waals surface area contributed by atoms with E-state index in [4.69, 9.17) is 18.9 Å². The first-order valence-corrected chi connectivity index (χ1v) is 4.90. The van der Waals surface area contributed by atoms with Gasteiger partial charge in [0.05, 0.1) is 39.6 Å².